The second-order valence-corrected chi connectivity index (χ2v) is 3.38. The van der Waals surface area contributed by atoms with Gasteiger partial charge in [-0.05, 0) is 18.9 Å². The van der Waals surface area contributed by atoms with Crippen LogP contribution < -0.4 is 0 Å². The Balaban J connectivity index is 2.19. The van der Waals surface area contributed by atoms with Crippen LogP contribution in [0.5, 0.6) is 0 Å². The van der Waals surface area contributed by atoms with E-state index in [0.29, 0.717) is 12.0 Å². The molecule has 64 valence electrons. The van der Waals surface area contributed by atoms with Crippen molar-refractivity contribution in [2.75, 3.05) is 6.61 Å². The number of hydrogen-bond acceptors (Lipinski definition) is 1. The van der Waals surface area contributed by atoms with E-state index in [0.717, 1.165) is 6.61 Å². The summed E-state index contributed by atoms with van der Waals surface area (Å²) in [5, 5.41) is 0. The average Bonchev–Trinajstić information content (AvgIpc) is 2.53. The quantitative estimate of drug-likeness (QED) is 0.616. The van der Waals surface area contributed by atoms with Gasteiger partial charge in [0.25, 0.3) is 0 Å². The standard InChI is InChI=1S/C11H14O/c1-9-11(7-8-12-9)10-5-3-2-4-6-10/h2-6,9,11H,7-8H2,1H3/t9-,11+/m0/s1. The van der Waals surface area contributed by atoms with Gasteiger partial charge in [-0.3, -0.25) is 0 Å². The Bertz CT molecular complexity index is 242. The molecule has 0 unspecified atom stereocenters. The fourth-order valence-electron chi connectivity index (χ4n) is 1.87. The molecule has 0 spiro atoms. The first kappa shape index (κ1) is 7.81. The Morgan fingerprint density at radius 2 is 2.00 bits per heavy atom. The molecule has 0 radical (unpaired) electrons. The number of rotatable bonds is 1. The Morgan fingerprint density at radius 3 is 2.58 bits per heavy atom. The molecular formula is C11H14O. The predicted molar refractivity (Wildman–Crippen MR) is 49.2 cm³/mol. The molecule has 1 aliphatic heterocycles. The lowest BCUT2D eigenvalue weighted by molar-refractivity contribution is 0.118. The second-order valence-electron chi connectivity index (χ2n) is 3.38. The Morgan fingerprint density at radius 1 is 1.25 bits per heavy atom. The normalized spacial score (nSPS) is 29.1. The second kappa shape index (κ2) is 3.28. The maximum atomic E-state index is 5.52. The van der Waals surface area contributed by atoms with Crippen molar-refractivity contribution < 1.29 is 4.74 Å². The molecule has 1 saturated heterocycles. The van der Waals surface area contributed by atoms with Crippen molar-refractivity contribution >= 4 is 0 Å². The molecule has 1 aromatic rings. The molecule has 2 rings (SSSR count). The highest BCUT2D eigenvalue weighted by Gasteiger charge is 2.24. The average molecular weight is 162 g/mol. The van der Waals surface area contributed by atoms with E-state index >= 15 is 0 Å². The van der Waals surface area contributed by atoms with E-state index in [2.05, 4.69) is 37.3 Å². The molecule has 1 heteroatoms. The van der Waals surface area contributed by atoms with Gasteiger partial charge < -0.3 is 4.74 Å². The number of hydrogen-bond donors (Lipinski definition) is 0. The van der Waals surface area contributed by atoms with Crippen LogP contribution in [-0.4, -0.2) is 12.7 Å². The van der Waals surface area contributed by atoms with E-state index in [1.54, 1.807) is 0 Å². The van der Waals surface area contributed by atoms with Gasteiger partial charge in [0.1, 0.15) is 0 Å². The molecule has 0 amide bonds. The lowest BCUT2D eigenvalue weighted by atomic mass is 9.94. The summed E-state index contributed by atoms with van der Waals surface area (Å²) in [6.45, 7) is 3.07. The monoisotopic (exact) mass is 162 g/mol. The van der Waals surface area contributed by atoms with E-state index in [1.807, 2.05) is 0 Å². The van der Waals surface area contributed by atoms with Crippen molar-refractivity contribution in [2.24, 2.45) is 0 Å². The zero-order chi connectivity index (χ0) is 8.39. The highest BCUT2D eigenvalue weighted by Crippen LogP contribution is 2.30. The lowest BCUT2D eigenvalue weighted by Gasteiger charge is -2.13. The largest absolute Gasteiger partial charge is 0.378 e. The van der Waals surface area contributed by atoms with Crippen molar-refractivity contribution in [2.45, 2.75) is 25.4 Å². The molecule has 0 saturated carbocycles. The van der Waals surface area contributed by atoms with Gasteiger partial charge in [-0.15, -0.1) is 0 Å². The molecular weight excluding hydrogens is 148 g/mol. The van der Waals surface area contributed by atoms with E-state index in [9.17, 15) is 0 Å². The molecule has 12 heavy (non-hydrogen) atoms. The van der Waals surface area contributed by atoms with Crippen molar-refractivity contribution in [3.8, 4) is 0 Å². The van der Waals surface area contributed by atoms with Gasteiger partial charge in [-0.1, -0.05) is 30.3 Å². The molecule has 0 bridgehead atoms. The maximum absolute atomic E-state index is 5.52. The smallest absolute Gasteiger partial charge is 0.0616 e. The van der Waals surface area contributed by atoms with Gasteiger partial charge in [0.15, 0.2) is 0 Å². The minimum Gasteiger partial charge on any atom is -0.378 e. The van der Waals surface area contributed by atoms with Crippen LogP contribution in [0.4, 0.5) is 0 Å². The number of ether oxygens (including phenoxy) is 1. The Hall–Kier alpha value is -0.820. The first-order valence-corrected chi connectivity index (χ1v) is 4.54. The van der Waals surface area contributed by atoms with Crippen LogP contribution in [0.1, 0.15) is 24.8 Å². The highest BCUT2D eigenvalue weighted by molar-refractivity contribution is 5.21. The van der Waals surface area contributed by atoms with E-state index in [-0.39, 0.29) is 0 Å². The number of benzene rings is 1. The van der Waals surface area contributed by atoms with Crippen molar-refractivity contribution in [1.29, 1.82) is 0 Å². The third-order valence-electron chi connectivity index (χ3n) is 2.60. The molecule has 0 aliphatic carbocycles. The summed E-state index contributed by atoms with van der Waals surface area (Å²) in [5.41, 5.74) is 1.42. The van der Waals surface area contributed by atoms with Crippen LogP contribution in [0.3, 0.4) is 0 Å². The predicted octanol–water partition coefficient (Wildman–Crippen LogP) is 2.58. The van der Waals surface area contributed by atoms with Crippen LogP contribution in [0.25, 0.3) is 0 Å². The van der Waals surface area contributed by atoms with Crippen molar-refractivity contribution in [3.05, 3.63) is 35.9 Å². The summed E-state index contributed by atoms with van der Waals surface area (Å²) in [7, 11) is 0. The molecule has 1 fully saturated rings. The third kappa shape index (κ3) is 1.37. The topological polar surface area (TPSA) is 9.23 Å². The van der Waals surface area contributed by atoms with Crippen LogP contribution in [0, 0.1) is 0 Å². The van der Waals surface area contributed by atoms with E-state index in [1.165, 1.54) is 12.0 Å². The molecule has 1 aromatic carbocycles. The van der Waals surface area contributed by atoms with Crippen molar-refractivity contribution in [1.82, 2.24) is 0 Å². The van der Waals surface area contributed by atoms with Crippen LogP contribution in [0.15, 0.2) is 30.3 Å². The van der Waals surface area contributed by atoms with Gasteiger partial charge in [-0.2, -0.15) is 0 Å². The zero-order valence-corrected chi connectivity index (χ0v) is 7.36. The fourth-order valence-corrected chi connectivity index (χ4v) is 1.87. The van der Waals surface area contributed by atoms with Gasteiger partial charge in [0.2, 0.25) is 0 Å². The molecule has 1 aliphatic rings. The van der Waals surface area contributed by atoms with E-state index in [4.69, 9.17) is 4.74 Å². The summed E-state index contributed by atoms with van der Waals surface area (Å²) in [6.07, 6.45) is 1.57. The summed E-state index contributed by atoms with van der Waals surface area (Å²) in [5.74, 6) is 0.617. The Kier molecular flexibility index (Phi) is 2.13. The van der Waals surface area contributed by atoms with Crippen LogP contribution in [-0.2, 0) is 4.74 Å². The summed E-state index contributed by atoms with van der Waals surface area (Å²) >= 11 is 0. The summed E-state index contributed by atoms with van der Waals surface area (Å²) < 4.78 is 5.52. The zero-order valence-electron chi connectivity index (χ0n) is 7.36. The maximum Gasteiger partial charge on any atom is 0.0616 e. The van der Waals surface area contributed by atoms with E-state index < -0.39 is 0 Å². The first-order chi connectivity index (χ1) is 5.88. The van der Waals surface area contributed by atoms with Crippen molar-refractivity contribution in [3.63, 3.8) is 0 Å². The SMILES string of the molecule is C[C@@H]1OCC[C@H]1c1ccccc1. The van der Waals surface area contributed by atoms with Crippen LogP contribution in [0.2, 0.25) is 0 Å². The van der Waals surface area contributed by atoms with Gasteiger partial charge in [0, 0.05) is 12.5 Å². The fraction of sp³-hybridized carbons (Fsp3) is 0.455. The van der Waals surface area contributed by atoms with Gasteiger partial charge >= 0.3 is 0 Å². The third-order valence-corrected chi connectivity index (χ3v) is 2.60. The minimum atomic E-state index is 0.396. The lowest BCUT2D eigenvalue weighted by Crippen LogP contribution is -2.08. The van der Waals surface area contributed by atoms with Gasteiger partial charge in [0.05, 0.1) is 6.10 Å². The highest BCUT2D eigenvalue weighted by atomic mass is 16.5. The molecule has 0 aromatic heterocycles. The minimum absolute atomic E-state index is 0.396. The van der Waals surface area contributed by atoms with Gasteiger partial charge in [-0.25, -0.2) is 0 Å². The first-order valence-electron chi connectivity index (χ1n) is 4.54. The summed E-state index contributed by atoms with van der Waals surface area (Å²) in [6, 6.07) is 10.6. The molecule has 2 atom stereocenters. The molecule has 1 heterocycles. The van der Waals surface area contributed by atoms with Crippen LogP contribution >= 0.6 is 0 Å². The Labute approximate surface area is 73.4 Å². The molecule has 0 N–H and O–H groups in total. The summed E-state index contributed by atoms with van der Waals surface area (Å²) in [4.78, 5) is 0. The molecule has 1 nitrogen and oxygen atoms in total.